The molecule has 106 valence electrons. The minimum Gasteiger partial charge on any atom is -0.338 e. The predicted octanol–water partition coefficient (Wildman–Crippen LogP) is 3.21. The van der Waals surface area contributed by atoms with Crippen LogP contribution in [0.5, 0.6) is 0 Å². The van der Waals surface area contributed by atoms with Crippen LogP contribution in [0.15, 0.2) is 34.9 Å². The Morgan fingerprint density at radius 1 is 1.20 bits per heavy atom. The van der Waals surface area contributed by atoms with Crippen LogP contribution in [0.3, 0.4) is 0 Å². The molecule has 0 radical (unpaired) electrons. The molecular formula is C16H21N3O. The highest BCUT2D eigenvalue weighted by Gasteiger charge is 2.30. The third-order valence-corrected chi connectivity index (χ3v) is 4.10. The standard InChI is InChI=1S/C16H21N3O/c1-16(2,12-8-4-3-5-9-12)15-18-14(20-19-15)13-10-6-7-11-17-13/h3-5,8-9,13,17H,6-7,10-11H2,1-2H3/t13-/m0/s1. The van der Waals surface area contributed by atoms with Gasteiger partial charge in [0.25, 0.3) is 0 Å². The van der Waals surface area contributed by atoms with Gasteiger partial charge in [-0.3, -0.25) is 0 Å². The summed E-state index contributed by atoms with van der Waals surface area (Å²) >= 11 is 0. The first-order chi connectivity index (χ1) is 9.68. The lowest BCUT2D eigenvalue weighted by Gasteiger charge is -2.21. The Hall–Kier alpha value is -1.68. The van der Waals surface area contributed by atoms with Gasteiger partial charge >= 0.3 is 0 Å². The van der Waals surface area contributed by atoms with Crippen molar-refractivity contribution in [2.75, 3.05) is 6.54 Å². The molecule has 1 fully saturated rings. The molecule has 0 bridgehead atoms. The van der Waals surface area contributed by atoms with Crippen LogP contribution >= 0.6 is 0 Å². The van der Waals surface area contributed by atoms with Crippen molar-refractivity contribution in [1.29, 1.82) is 0 Å². The molecule has 1 saturated heterocycles. The van der Waals surface area contributed by atoms with Crippen molar-refractivity contribution in [2.45, 2.75) is 44.6 Å². The Kier molecular flexibility index (Phi) is 3.57. The molecule has 20 heavy (non-hydrogen) atoms. The van der Waals surface area contributed by atoms with E-state index in [0.717, 1.165) is 24.7 Å². The van der Waals surface area contributed by atoms with Crippen molar-refractivity contribution >= 4 is 0 Å². The first-order valence-electron chi connectivity index (χ1n) is 7.31. The molecule has 2 aromatic rings. The zero-order valence-electron chi connectivity index (χ0n) is 12.1. The van der Waals surface area contributed by atoms with E-state index in [1.807, 2.05) is 18.2 Å². The lowest BCUT2D eigenvalue weighted by molar-refractivity contribution is 0.294. The molecule has 1 N–H and O–H groups in total. The number of nitrogens with zero attached hydrogens (tertiary/aromatic N) is 2. The van der Waals surface area contributed by atoms with Crippen molar-refractivity contribution in [1.82, 2.24) is 15.5 Å². The van der Waals surface area contributed by atoms with E-state index in [2.05, 4.69) is 41.4 Å². The van der Waals surface area contributed by atoms with E-state index < -0.39 is 0 Å². The topological polar surface area (TPSA) is 51.0 Å². The Balaban J connectivity index is 1.85. The fourth-order valence-corrected chi connectivity index (χ4v) is 2.68. The van der Waals surface area contributed by atoms with E-state index >= 15 is 0 Å². The van der Waals surface area contributed by atoms with Crippen LogP contribution in [0.25, 0.3) is 0 Å². The molecule has 0 spiro atoms. The van der Waals surface area contributed by atoms with Gasteiger partial charge in [-0.1, -0.05) is 41.9 Å². The van der Waals surface area contributed by atoms with Crippen molar-refractivity contribution in [3.8, 4) is 0 Å². The third kappa shape index (κ3) is 2.48. The van der Waals surface area contributed by atoms with Crippen LogP contribution in [0, 0.1) is 0 Å². The molecule has 3 rings (SSSR count). The minimum atomic E-state index is -0.238. The Labute approximate surface area is 119 Å². The minimum absolute atomic E-state index is 0.219. The summed E-state index contributed by atoms with van der Waals surface area (Å²) in [7, 11) is 0. The maximum atomic E-state index is 5.49. The summed E-state index contributed by atoms with van der Waals surface area (Å²) in [4.78, 5) is 4.64. The molecule has 1 aliphatic heterocycles. The van der Waals surface area contributed by atoms with Gasteiger partial charge in [0.05, 0.1) is 11.5 Å². The number of aromatic nitrogens is 2. The molecule has 1 aliphatic rings. The zero-order valence-corrected chi connectivity index (χ0v) is 12.1. The van der Waals surface area contributed by atoms with Crippen molar-refractivity contribution < 1.29 is 4.52 Å². The van der Waals surface area contributed by atoms with Gasteiger partial charge in [0, 0.05) is 0 Å². The van der Waals surface area contributed by atoms with Gasteiger partial charge in [0.15, 0.2) is 5.82 Å². The first-order valence-corrected chi connectivity index (χ1v) is 7.31. The molecular weight excluding hydrogens is 250 g/mol. The lowest BCUT2D eigenvalue weighted by Crippen LogP contribution is -2.27. The second kappa shape index (κ2) is 5.37. The van der Waals surface area contributed by atoms with Gasteiger partial charge in [-0.15, -0.1) is 0 Å². The average Bonchev–Trinajstić information content (AvgIpc) is 3.00. The highest BCUT2D eigenvalue weighted by atomic mass is 16.5. The van der Waals surface area contributed by atoms with E-state index in [4.69, 9.17) is 4.52 Å². The summed E-state index contributed by atoms with van der Waals surface area (Å²) in [6.07, 6.45) is 3.53. The van der Waals surface area contributed by atoms with Crippen molar-refractivity contribution in [2.24, 2.45) is 0 Å². The maximum absolute atomic E-state index is 5.49. The molecule has 0 unspecified atom stereocenters. The molecule has 1 atom stereocenters. The highest BCUT2D eigenvalue weighted by molar-refractivity contribution is 5.30. The molecule has 1 aromatic carbocycles. The number of hydrogen-bond donors (Lipinski definition) is 1. The van der Waals surface area contributed by atoms with E-state index in [1.165, 1.54) is 18.4 Å². The summed E-state index contributed by atoms with van der Waals surface area (Å²) < 4.78 is 5.49. The number of rotatable bonds is 3. The third-order valence-electron chi connectivity index (χ3n) is 4.10. The maximum Gasteiger partial charge on any atom is 0.243 e. The SMILES string of the molecule is CC(C)(c1ccccc1)c1noc([C@@H]2CCCCN2)n1. The predicted molar refractivity (Wildman–Crippen MR) is 77.5 cm³/mol. The molecule has 0 saturated carbocycles. The second-order valence-corrected chi connectivity index (χ2v) is 5.95. The summed E-state index contributed by atoms with van der Waals surface area (Å²) in [5.74, 6) is 1.48. The van der Waals surface area contributed by atoms with E-state index in [9.17, 15) is 0 Å². The fourth-order valence-electron chi connectivity index (χ4n) is 2.68. The Morgan fingerprint density at radius 3 is 2.70 bits per heavy atom. The van der Waals surface area contributed by atoms with Gasteiger partial charge in [0.2, 0.25) is 5.89 Å². The van der Waals surface area contributed by atoms with Gasteiger partial charge in [0.1, 0.15) is 0 Å². The van der Waals surface area contributed by atoms with E-state index in [-0.39, 0.29) is 11.5 Å². The van der Waals surface area contributed by atoms with Crippen LogP contribution < -0.4 is 5.32 Å². The fraction of sp³-hybridized carbons (Fsp3) is 0.500. The average molecular weight is 271 g/mol. The monoisotopic (exact) mass is 271 g/mol. The summed E-state index contributed by atoms with van der Waals surface area (Å²) in [6, 6.07) is 10.5. The highest BCUT2D eigenvalue weighted by Crippen LogP contribution is 2.30. The molecule has 4 nitrogen and oxygen atoms in total. The number of nitrogens with one attached hydrogen (secondary N) is 1. The molecule has 4 heteroatoms. The number of benzene rings is 1. The molecule has 0 aliphatic carbocycles. The number of piperidine rings is 1. The Morgan fingerprint density at radius 2 is 2.00 bits per heavy atom. The second-order valence-electron chi connectivity index (χ2n) is 5.95. The lowest BCUT2D eigenvalue weighted by atomic mass is 9.84. The van der Waals surface area contributed by atoms with Crippen LogP contribution in [-0.4, -0.2) is 16.7 Å². The quantitative estimate of drug-likeness (QED) is 0.931. The van der Waals surface area contributed by atoms with Gasteiger partial charge in [-0.05, 0) is 38.8 Å². The van der Waals surface area contributed by atoms with Crippen molar-refractivity contribution in [3.05, 3.63) is 47.6 Å². The van der Waals surface area contributed by atoms with Gasteiger partial charge in [-0.25, -0.2) is 0 Å². The summed E-state index contributed by atoms with van der Waals surface area (Å²) in [6.45, 7) is 5.29. The van der Waals surface area contributed by atoms with Gasteiger partial charge in [-0.2, -0.15) is 4.98 Å². The van der Waals surface area contributed by atoms with Crippen LogP contribution in [0.4, 0.5) is 0 Å². The van der Waals surface area contributed by atoms with Crippen LogP contribution in [0.2, 0.25) is 0 Å². The Bertz CT molecular complexity index is 556. The molecule has 2 heterocycles. The summed E-state index contributed by atoms with van der Waals surface area (Å²) in [5, 5.41) is 7.66. The number of hydrogen-bond acceptors (Lipinski definition) is 4. The summed E-state index contributed by atoms with van der Waals surface area (Å²) in [5.41, 5.74) is 0.960. The first kappa shape index (κ1) is 13.3. The van der Waals surface area contributed by atoms with Crippen LogP contribution in [0.1, 0.15) is 56.4 Å². The normalized spacial score (nSPS) is 20.0. The van der Waals surface area contributed by atoms with E-state index in [1.54, 1.807) is 0 Å². The molecule has 1 aromatic heterocycles. The smallest absolute Gasteiger partial charge is 0.243 e. The largest absolute Gasteiger partial charge is 0.338 e. The van der Waals surface area contributed by atoms with E-state index in [0.29, 0.717) is 0 Å². The van der Waals surface area contributed by atoms with Gasteiger partial charge < -0.3 is 9.84 Å². The zero-order chi connectivity index (χ0) is 14.0. The van der Waals surface area contributed by atoms with Crippen LogP contribution in [-0.2, 0) is 5.41 Å². The van der Waals surface area contributed by atoms with Crippen molar-refractivity contribution in [3.63, 3.8) is 0 Å². The molecule has 0 amide bonds.